The number of rotatable bonds is 5. The predicted octanol–water partition coefficient (Wildman–Crippen LogP) is 2.05. The molecule has 25 heavy (non-hydrogen) atoms. The van der Waals surface area contributed by atoms with Crippen molar-refractivity contribution < 1.29 is 13.2 Å². The molecule has 0 amide bonds. The van der Waals surface area contributed by atoms with Crippen molar-refractivity contribution in [1.82, 2.24) is 19.0 Å². The van der Waals surface area contributed by atoms with Crippen LogP contribution in [0.3, 0.4) is 0 Å². The quantitative estimate of drug-likeness (QED) is 0.384. The summed E-state index contributed by atoms with van der Waals surface area (Å²) in [6, 6.07) is 7.76. The van der Waals surface area contributed by atoms with Crippen molar-refractivity contribution in [2.24, 2.45) is 5.10 Å². The van der Waals surface area contributed by atoms with Crippen LogP contribution in [0.1, 0.15) is 5.56 Å². The lowest BCUT2D eigenvalue weighted by Crippen LogP contribution is -2.21. The number of hydrazone groups is 1. The average molecular weight is 380 g/mol. The van der Waals surface area contributed by atoms with Gasteiger partial charge in [0.2, 0.25) is 0 Å². The highest BCUT2D eigenvalue weighted by Gasteiger charge is 2.20. The minimum atomic E-state index is -3.80. The maximum atomic E-state index is 12.6. The second-order valence-corrected chi connectivity index (χ2v) is 7.32. The number of methoxy groups -OCH3 is 1. The van der Waals surface area contributed by atoms with Gasteiger partial charge in [0.05, 0.1) is 30.0 Å². The lowest BCUT2D eigenvalue weighted by atomic mass is 10.3. The summed E-state index contributed by atoms with van der Waals surface area (Å²) in [4.78, 5) is 4.22. The standard InChI is InChI=1S/C15H14ClN5O3S/c1-20(25(22,23)13-5-3-4-12(8-13)24-2)17-9-11-10-18-21-7-6-14(16)19-15(11)21/h3-10H,1-2H3/b17-9+. The highest BCUT2D eigenvalue weighted by Crippen LogP contribution is 2.20. The molecule has 0 saturated heterocycles. The van der Waals surface area contributed by atoms with Crippen molar-refractivity contribution in [3.63, 3.8) is 0 Å². The molecule has 10 heteroatoms. The fourth-order valence-corrected chi connectivity index (χ4v) is 3.20. The minimum absolute atomic E-state index is 0.0764. The molecule has 0 bridgehead atoms. The molecule has 8 nitrogen and oxygen atoms in total. The van der Waals surface area contributed by atoms with E-state index < -0.39 is 10.0 Å². The zero-order valence-corrected chi connectivity index (χ0v) is 14.9. The summed E-state index contributed by atoms with van der Waals surface area (Å²) in [5.41, 5.74) is 1.01. The van der Waals surface area contributed by atoms with Gasteiger partial charge in [0.25, 0.3) is 10.0 Å². The highest BCUT2D eigenvalue weighted by atomic mass is 35.5. The van der Waals surface area contributed by atoms with E-state index in [0.29, 0.717) is 22.1 Å². The van der Waals surface area contributed by atoms with Crippen molar-refractivity contribution in [1.29, 1.82) is 0 Å². The van der Waals surface area contributed by atoms with Crippen molar-refractivity contribution in [3.05, 3.63) is 53.4 Å². The van der Waals surface area contributed by atoms with Gasteiger partial charge in [-0.3, -0.25) is 0 Å². The maximum absolute atomic E-state index is 12.6. The predicted molar refractivity (Wildman–Crippen MR) is 93.5 cm³/mol. The molecule has 2 aromatic heterocycles. The Morgan fingerprint density at radius 1 is 1.36 bits per heavy atom. The van der Waals surface area contributed by atoms with Crippen LogP contribution < -0.4 is 4.74 Å². The van der Waals surface area contributed by atoms with Crippen molar-refractivity contribution >= 4 is 33.5 Å². The molecule has 0 saturated carbocycles. The number of benzene rings is 1. The number of hydrogen-bond acceptors (Lipinski definition) is 6. The summed E-state index contributed by atoms with van der Waals surface area (Å²) in [6.07, 6.45) is 4.54. The average Bonchev–Trinajstić information content (AvgIpc) is 3.01. The Morgan fingerprint density at radius 3 is 2.92 bits per heavy atom. The van der Waals surface area contributed by atoms with E-state index in [9.17, 15) is 8.42 Å². The molecule has 0 spiro atoms. The van der Waals surface area contributed by atoms with E-state index in [-0.39, 0.29) is 4.90 Å². The van der Waals surface area contributed by atoms with Gasteiger partial charge < -0.3 is 4.74 Å². The molecule has 0 unspecified atom stereocenters. The molecule has 3 rings (SSSR count). The fourth-order valence-electron chi connectivity index (χ4n) is 2.08. The summed E-state index contributed by atoms with van der Waals surface area (Å²) in [6.45, 7) is 0. The third-order valence-electron chi connectivity index (χ3n) is 3.41. The Hall–Kier alpha value is -2.65. The third kappa shape index (κ3) is 3.42. The largest absolute Gasteiger partial charge is 0.497 e. The number of hydrogen-bond donors (Lipinski definition) is 0. The molecule has 0 aliphatic rings. The molecule has 0 aliphatic carbocycles. The summed E-state index contributed by atoms with van der Waals surface area (Å²) < 4.78 is 32.6. The molecule has 0 fully saturated rings. The Morgan fingerprint density at radius 2 is 2.16 bits per heavy atom. The van der Waals surface area contributed by atoms with Crippen molar-refractivity contribution in [3.8, 4) is 5.75 Å². The van der Waals surface area contributed by atoms with Gasteiger partial charge in [0.1, 0.15) is 10.9 Å². The second-order valence-electron chi connectivity index (χ2n) is 4.98. The minimum Gasteiger partial charge on any atom is -0.497 e. The molecule has 0 aliphatic heterocycles. The van der Waals surface area contributed by atoms with Gasteiger partial charge >= 0.3 is 0 Å². The zero-order valence-electron chi connectivity index (χ0n) is 13.4. The molecular weight excluding hydrogens is 366 g/mol. The van der Waals surface area contributed by atoms with Crippen LogP contribution in [0, 0.1) is 0 Å². The van der Waals surface area contributed by atoms with Gasteiger partial charge in [-0.2, -0.15) is 23.0 Å². The summed E-state index contributed by atoms with van der Waals surface area (Å²) >= 11 is 5.88. The SMILES string of the molecule is COc1cccc(S(=O)(=O)N(C)/N=C/c2cnn3ccc(Cl)nc23)c1. The van der Waals surface area contributed by atoms with Crippen LogP contribution in [0.25, 0.3) is 5.65 Å². The normalized spacial score (nSPS) is 12.0. The molecule has 0 radical (unpaired) electrons. The first-order chi connectivity index (χ1) is 11.9. The van der Waals surface area contributed by atoms with Crippen LogP contribution >= 0.6 is 11.6 Å². The van der Waals surface area contributed by atoms with E-state index in [1.165, 1.54) is 43.2 Å². The molecule has 1 aromatic carbocycles. The van der Waals surface area contributed by atoms with E-state index in [4.69, 9.17) is 16.3 Å². The van der Waals surface area contributed by atoms with E-state index in [0.717, 1.165) is 4.41 Å². The lowest BCUT2D eigenvalue weighted by Gasteiger charge is -2.14. The first-order valence-electron chi connectivity index (χ1n) is 7.08. The number of nitrogens with zero attached hydrogens (tertiary/aromatic N) is 5. The fraction of sp³-hybridized carbons (Fsp3) is 0.133. The van der Waals surface area contributed by atoms with Gasteiger partial charge in [-0.15, -0.1) is 0 Å². The van der Waals surface area contributed by atoms with Gasteiger partial charge in [-0.1, -0.05) is 17.7 Å². The number of aromatic nitrogens is 3. The zero-order chi connectivity index (χ0) is 18.0. The van der Waals surface area contributed by atoms with Crippen LogP contribution in [0.15, 0.2) is 52.7 Å². The Balaban J connectivity index is 1.90. The van der Waals surface area contributed by atoms with Crippen molar-refractivity contribution in [2.75, 3.05) is 14.2 Å². The smallest absolute Gasteiger partial charge is 0.278 e. The number of halogens is 1. The van der Waals surface area contributed by atoms with E-state index in [1.54, 1.807) is 24.4 Å². The van der Waals surface area contributed by atoms with Crippen LogP contribution in [0.5, 0.6) is 5.75 Å². The monoisotopic (exact) mass is 379 g/mol. The van der Waals surface area contributed by atoms with Gasteiger partial charge in [-0.05, 0) is 18.2 Å². The van der Waals surface area contributed by atoms with Gasteiger partial charge in [0, 0.05) is 19.3 Å². The van der Waals surface area contributed by atoms with Crippen LogP contribution in [-0.4, -0.2) is 47.8 Å². The molecule has 3 aromatic rings. The summed E-state index contributed by atoms with van der Waals surface area (Å²) in [7, 11) is -0.991. The molecule has 0 atom stereocenters. The van der Waals surface area contributed by atoms with E-state index in [1.807, 2.05) is 0 Å². The topological polar surface area (TPSA) is 89.2 Å². The maximum Gasteiger partial charge on any atom is 0.278 e. The van der Waals surface area contributed by atoms with Crippen LogP contribution in [0.4, 0.5) is 0 Å². The number of ether oxygens (including phenoxy) is 1. The van der Waals surface area contributed by atoms with Crippen molar-refractivity contribution in [2.45, 2.75) is 4.90 Å². The summed E-state index contributed by atoms with van der Waals surface area (Å²) in [5, 5.41) is 8.40. The number of sulfonamides is 1. The van der Waals surface area contributed by atoms with Gasteiger partial charge in [-0.25, -0.2) is 9.50 Å². The third-order valence-corrected chi connectivity index (χ3v) is 5.26. The highest BCUT2D eigenvalue weighted by molar-refractivity contribution is 7.89. The molecular formula is C15H14ClN5O3S. The molecule has 130 valence electrons. The first kappa shape index (κ1) is 17.2. The van der Waals surface area contributed by atoms with Gasteiger partial charge in [0.15, 0.2) is 5.65 Å². The lowest BCUT2D eigenvalue weighted by molar-refractivity contribution is 0.413. The number of fused-ring (bicyclic) bond motifs is 1. The van der Waals surface area contributed by atoms with E-state index >= 15 is 0 Å². The van der Waals surface area contributed by atoms with Crippen LogP contribution in [0.2, 0.25) is 5.15 Å². The van der Waals surface area contributed by atoms with Crippen LogP contribution in [-0.2, 0) is 10.0 Å². The molecule has 0 N–H and O–H groups in total. The Labute approximate surface area is 149 Å². The summed E-state index contributed by atoms with van der Waals surface area (Å²) in [5.74, 6) is 0.444. The first-order valence-corrected chi connectivity index (χ1v) is 8.90. The Bertz CT molecular complexity index is 1050. The second kappa shape index (κ2) is 6.69. The molecule has 2 heterocycles. The Kier molecular flexibility index (Phi) is 4.60. The van der Waals surface area contributed by atoms with E-state index in [2.05, 4.69) is 15.2 Å².